The maximum absolute atomic E-state index is 13.2. The standard InChI is InChI=1S/C20H17N3O3S2/c1-9-4-5-14(28-9)16-15-11(21-18-17(16)19(25)23-20(26)22-18)7-10(8-12(15)24)13-3-2-6-27-13/h2-6,10,16H,7-8H2,1H3,(H3,21,22,23,25,26)/t10-,16+/m1/s1. The maximum Gasteiger partial charge on any atom is 0.327 e. The highest BCUT2D eigenvalue weighted by atomic mass is 32.1. The Morgan fingerprint density at radius 2 is 1.89 bits per heavy atom. The largest absolute Gasteiger partial charge is 0.344 e. The molecule has 0 aromatic carbocycles. The summed E-state index contributed by atoms with van der Waals surface area (Å²) >= 11 is 3.22. The monoisotopic (exact) mass is 411 g/mol. The second-order valence-electron chi connectivity index (χ2n) is 7.14. The van der Waals surface area contributed by atoms with Gasteiger partial charge in [0.05, 0.1) is 11.5 Å². The third kappa shape index (κ3) is 2.71. The highest BCUT2D eigenvalue weighted by Crippen LogP contribution is 2.47. The topological polar surface area (TPSA) is 94.8 Å². The Morgan fingerprint density at radius 3 is 2.61 bits per heavy atom. The number of hydrogen-bond donors (Lipinski definition) is 3. The number of rotatable bonds is 2. The van der Waals surface area contributed by atoms with Crippen molar-refractivity contribution < 1.29 is 4.79 Å². The number of carbonyl (C=O) groups is 1. The number of fused-ring (bicyclic) bond motifs is 1. The molecule has 4 heterocycles. The van der Waals surface area contributed by atoms with E-state index in [0.717, 1.165) is 15.5 Å². The zero-order valence-electron chi connectivity index (χ0n) is 15.0. The second kappa shape index (κ2) is 6.42. The van der Waals surface area contributed by atoms with E-state index in [2.05, 4.69) is 21.4 Å². The van der Waals surface area contributed by atoms with Gasteiger partial charge in [-0.2, -0.15) is 0 Å². The molecule has 3 N–H and O–H groups in total. The number of anilines is 1. The number of aromatic amines is 2. The van der Waals surface area contributed by atoms with Crippen LogP contribution in [-0.4, -0.2) is 15.8 Å². The summed E-state index contributed by atoms with van der Waals surface area (Å²) in [5.41, 5.74) is 0.850. The van der Waals surface area contributed by atoms with Crippen molar-refractivity contribution in [3.05, 3.63) is 81.9 Å². The van der Waals surface area contributed by atoms with Crippen molar-refractivity contribution in [1.82, 2.24) is 9.97 Å². The molecule has 0 unspecified atom stereocenters. The molecule has 142 valence electrons. The van der Waals surface area contributed by atoms with Gasteiger partial charge in [-0.15, -0.1) is 22.7 Å². The third-order valence-corrected chi connectivity index (χ3v) is 7.43. The van der Waals surface area contributed by atoms with Crippen LogP contribution >= 0.6 is 22.7 Å². The Hall–Kier alpha value is -2.71. The van der Waals surface area contributed by atoms with E-state index in [1.807, 2.05) is 30.5 Å². The first-order chi connectivity index (χ1) is 13.5. The van der Waals surface area contributed by atoms with Gasteiger partial charge in [0.15, 0.2) is 5.78 Å². The molecule has 2 aliphatic rings. The van der Waals surface area contributed by atoms with Gasteiger partial charge in [0.1, 0.15) is 5.82 Å². The van der Waals surface area contributed by atoms with E-state index < -0.39 is 17.2 Å². The van der Waals surface area contributed by atoms with Gasteiger partial charge in [-0.1, -0.05) is 6.07 Å². The fourth-order valence-corrected chi connectivity index (χ4v) is 6.00. The quantitative estimate of drug-likeness (QED) is 0.602. The molecule has 5 rings (SSSR count). The molecule has 28 heavy (non-hydrogen) atoms. The van der Waals surface area contributed by atoms with Gasteiger partial charge in [-0.3, -0.25) is 19.6 Å². The number of aryl methyl sites for hydroxylation is 1. The van der Waals surface area contributed by atoms with Crippen LogP contribution in [0, 0.1) is 6.92 Å². The summed E-state index contributed by atoms with van der Waals surface area (Å²) in [6, 6.07) is 8.00. The molecule has 1 aliphatic heterocycles. The van der Waals surface area contributed by atoms with Crippen LogP contribution in [0.2, 0.25) is 0 Å². The second-order valence-corrected chi connectivity index (χ2v) is 9.44. The Labute approximate surface area is 168 Å². The van der Waals surface area contributed by atoms with Gasteiger partial charge in [-0.05, 0) is 36.9 Å². The van der Waals surface area contributed by atoms with Crippen molar-refractivity contribution in [2.45, 2.75) is 31.6 Å². The van der Waals surface area contributed by atoms with Gasteiger partial charge in [0.25, 0.3) is 5.56 Å². The van der Waals surface area contributed by atoms with Crippen LogP contribution in [0.15, 0.2) is 50.5 Å². The van der Waals surface area contributed by atoms with Crippen molar-refractivity contribution in [1.29, 1.82) is 0 Å². The van der Waals surface area contributed by atoms with E-state index in [1.54, 1.807) is 22.7 Å². The first kappa shape index (κ1) is 17.4. The average Bonchev–Trinajstić information content (AvgIpc) is 3.31. The Bertz CT molecular complexity index is 1230. The molecule has 0 amide bonds. The Kier molecular flexibility index (Phi) is 3.99. The number of thiophene rings is 2. The highest BCUT2D eigenvalue weighted by molar-refractivity contribution is 7.12. The lowest BCUT2D eigenvalue weighted by atomic mass is 9.75. The molecular weight excluding hydrogens is 394 g/mol. The first-order valence-electron chi connectivity index (χ1n) is 9.00. The molecular formula is C20H17N3O3S2. The fourth-order valence-electron chi connectivity index (χ4n) is 4.17. The van der Waals surface area contributed by atoms with Crippen LogP contribution in [0.1, 0.15) is 44.9 Å². The average molecular weight is 412 g/mol. The molecule has 0 saturated carbocycles. The highest BCUT2D eigenvalue weighted by Gasteiger charge is 2.40. The number of H-pyrrole nitrogens is 2. The van der Waals surface area contributed by atoms with Gasteiger partial charge in [0.2, 0.25) is 0 Å². The van der Waals surface area contributed by atoms with Crippen LogP contribution in [0.4, 0.5) is 5.82 Å². The lowest BCUT2D eigenvalue weighted by Crippen LogP contribution is -2.36. The summed E-state index contributed by atoms with van der Waals surface area (Å²) in [5.74, 6) is 0.102. The number of allylic oxidation sites excluding steroid dienone is 2. The Balaban J connectivity index is 1.70. The fraction of sp³-hybridized carbons (Fsp3) is 0.250. The predicted molar refractivity (Wildman–Crippen MR) is 111 cm³/mol. The number of hydrogen-bond acceptors (Lipinski definition) is 6. The smallest absolute Gasteiger partial charge is 0.327 e. The van der Waals surface area contributed by atoms with Crippen molar-refractivity contribution in [2.24, 2.45) is 0 Å². The van der Waals surface area contributed by atoms with E-state index in [1.165, 1.54) is 4.88 Å². The molecule has 2 atom stereocenters. The molecule has 0 saturated heterocycles. The summed E-state index contributed by atoms with van der Waals surface area (Å²) in [6.45, 7) is 2.00. The minimum Gasteiger partial charge on any atom is -0.344 e. The van der Waals surface area contributed by atoms with E-state index in [4.69, 9.17) is 0 Å². The molecule has 0 bridgehead atoms. The van der Waals surface area contributed by atoms with E-state index in [9.17, 15) is 14.4 Å². The molecule has 8 heteroatoms. The molecule has 0 spiro atoms. The summed E-state index contributed by atoms with van der Waals surface area (Å²) in [5, 5.41) is 5.22. The minimum absolute atomic E-state index is 0.0550. The van der Waals surface area contributed by atoms with Gasteiger partial charge < -0.3 is 5.32 Å². The lowest BCUT2D eigenvalue weighted by Gasteiger charge is -2.34. The SMILES string of the molecule is Cc1ccc([C@H]2C3=C(C[C@@H](c4cccs4)CC3=O)Nc3[nH]c(=O)[nH]c(=O)c32)s1. The van der Waals surface area contributed by atoms with E-state index >= 15 is 0 Å². The summed E-state index contributed by atoms with van der Waals surface area (Å²) in [4.78, 5) is 46.0. The summed E-state index contributed by atoms with van der Waals surface area (Å²) in [6.07, 6.45) is 1.11. The van der Waals surface area contributed by atoms with Crippen molar-refractivity contribution >= 4 is 34.3 Å². The predicted octanol–water partition coefficient (Wildman–Crippen LogP) is 3.45. The van der Waals surface area contributed by atoms with Crippen LogP contribution < -0.4 is 16.6 Å². The molecule has 3 aromatic rings. The zero-order chi connectivity index (χ0) is 19.4. The molecule has 0 fully saturated rings. The first-order valence-corrected chi connectivity index (χ1v) is 10.7. The summed E-state index contributed by atoms with van der Waals surface area (Å²) in [7, 11) is 0. The normalized spacial score (nSPS) is 21.2. The maximum atomic E-state index is 13.2. The molecule has 1 aliphatic carbocycles. The number of Topliss-reactive ketones (excluding diaryl/α,β-unsaturated/α-hetero) is 1. The molecule has 6 nitrogen and oxygen atoms in total. The molecule has 0 radical (unpaired) electrons. The van der Waals surface area contributed by atoms with Crippen molar-refractivity contribution in [2.75, 3.05) is 5.32 Å². The molecule has 3 aromatic heterocycles. The van der Waals surface area contributed by atoms with Gasteiger partial charge >= 0.3 is 5.69 Å². The lowest BCUT2D eigenvalue weighted by molar-refractivity contribution is -0.116. The minimum atomic E-state index is -0.557. The third-order valence-electron chi connectivity index (χ3n) is 5.33. The van der Waals surface area contributed by atoms with Crippen LogP contribution in [0.25, 0.3) is 0 Å². The van der Waals surface area contributed by atoms with Crippen LogP contribution in [-0.2, 0) is 4.79 Å². The number of nitrogens with one attached hydrogen (secondary N) is 3. The van der Waals surface area contributed by atoms with Crippen molar-refractivity contribution in [3.8, 4) is 0 Å². The Morgan fingerprint density at radius 1 is 1.04 bits per heavy atom. The number of carbonyl (C=O) groups excluding carboxylic acids is 1. The van der Waals surface area contributed by atoms with E-state index in [-0.39, 0.29) is 11.7 Å². The van der Waals surface area contributed by atoms with Crippen LogP contribution in [0.3, 0.4) is 0 Å². The van der Waals surface area contributed by atoms with Crippen molar-refractivity contribution in [3.63, 3.8) is 0 Å². The number of aromatic nitrogens is 2. The zero-order valence-corrected chi connectivity index (χ0v) is 16.6. The number of ketones is 1. The van der Waals surface area contributed by atoms with Gasteiger partial charge in [-0.25, -0.2) is 4.79 Å². The van der Waals surface area contributed by atoms with E-state index in [0.29, 0.717) is 29.8 Å². The van der Waals surface area contributed by atoms with Gasteiger partial charge in [0, 0.05) is 38.2 Å². The summed E-state index contributed by atoms with van der Waals surface area (Å²) < 4.78 is 0. The van der Waals surface area contributed by atoms with Crippen LogP contribution in [0.5, 0.6) is 0 Å².